The Balaban J connectivity index is 2.31. The quantitative estimate of drug-likeness (QED) is 0.813. The highest BCUT2D eigenvalue weighted by atomic mass is 32.2. The lowest BCUT2D eigenvalue weighted by molar-refractivity contribution is 0.391. The Labute approximate surface area is 130 Å². The van der Waals surface area contributed by atoms with E-state index in [-0.39, 0.29) is 11.4 Å². The maximum Gasteiger partial charge on any atom is 0.241 e. The van der Waals surface area contributed by atoms with Gasteiger partial charge in [-0.3, -0.25) is 0 Å². The van der Waals surface area contributed by atoms with E-state index in [4.69, 9.17) is 10.3 Å². The van der Waals surface area contributed by atoms with E-state index in [1.807, 2.05) is 13.8 Å². The van der Waals surface area contributed by atoms with Crippen LogP contribution >= 0.6 is 0 Å². The van der Waals surface area contributed by atoms with Crippen LogP contribution in [0.3, 0.4) is 0 Å². The number of hydrogen-bond donors (Lipinski definition) is 2. The van der Waals surface area contributed by atoms with Gasteiger partial charge in [0.1, 0.15) is 0 Å². The number of aromatic nitrogens is 1. The van der Waals surface area contributed by atoms with E-state index in [0.29, 0.717) is 24.2 Å². The molecular weight excluding hydrogens is 302 g/mol. The van der Waals surface area contributed by atoms with Crippen molar-refractivity contribution in [1.82, 2.24) is 9.88 Å². The smallest absolute Gasteiger partial charge is 0.241 e. The zero-order valence-corrected chi connectivity index (χ0v) is 13.6. The molecule has 6 nitrogen and oxygen atoms in total. The first-order valence-electron chi connectivity index (χ1n) is 7.20. The predicted molar refractivity (Wildman–Crippen MR) is 84.6 cm³/mol. The minimum atomic E-state index is -3.69. The minimum Gasteiger partial charge on any atom is -0.356 e. The van der Waals surface area contributed by atoms with Gasteiger partial charge in [0.15, 0.2) is 5.76 Å². The van der Waals surface area contributed by atoms with E-state index < -0.39 is 15.6 Å². The summed E-state index contributed by atoms with van der Waals surface area (Å²) in [5, 5.41) is 3.62. The van der Waals surface area contributed by atoms with Crippen LogP contribution in [-0.4, -0.2) is 25.7 Å². The molecule has 2 aromatic rings. The second-order valence-corrected chi connectivity index (χ2v) is 7.00. The van der Waals surface area contributed by atoms with Crippen molar-refractivity contribution >= 4 is 10.0 Å². The van der Waals surface area contributed by atoms with Crippen LogP contribution in [0.4, 0.5) is 0 Å². The second kappa shape index (κ2) is 6.60. The number of nitrogens with one attached hydrogen (secondary N) is 1. The Morgan fingerprint density at radius 2 is 1.91 bits per heavy atom. The van der Waals surface area contributed by atoms with Crippen molar-refractivity contribution in [1.29, 1.82) is 0 Å². The summed E-state index contributed by atoms with van der Waals surface area (Å²) in [6.45, 7) is 4.08. The second-order valence-electron chi connectivity index (χ2n) is 5.27. The third-order valence-corrected chi connectivity index (χ3v) is 5.36. The molecule has 0 aliphatic rings. The van der Waals surface area contributed by atoms with Crippen molar-refractivity contribution < 1.29 is 12.9 Å². The molecule has 0 saturated carbocycles. The number of rotatable bonds is 7. The number of hydrogen-bond acceptors (Lipinski definition) is 5. The van der Waals surface area contributed by atoms with Crippen molar-refractivity contribution in [3.63, 3.8) is 0 Å². The van der Waals surface area contributed by atoms with Crippen LogP contribution in [0.25, 0.3) is 11.3 Å². The van der Waals surface area contributed by atoms with Gasteiger partial charge in [-0.15, -0.1) is 0 Å². The fourth-order valence-electron chi connectivity index (χ4n) is 2.08. The van der Waals surface area contributed by atoms with Gasteiger partial charge in [-0.1, -0.05) is 31.1 Å². The molecule has 0 amide bonds. The van der Waals surface area contributed by atoms with Crippen molar-refractivity contribution in [3.8, 4) is 11.3 Å². The molecule has 0 spiro atoms. The van der Waals surface area contributed by atoms with Crippen molar-refractivity contribution in [2.75, 3.05) is 6.54 Å². The lowest BCUT2D eigenvalue weighted by Crippen LogP contribution is -2.49. The predicted octanol–water partition coefficient (Wildman–Crippen LogP) is 2.14. The molecule has 0 fully saturated rings. The molecule has 120 valence electrons. The van der Waals surface area contributed by atoms with Gasteiger partial charge in [0.05, 0.1) is 11.1 Å². The molecule has 3 N–H and O–H groups in total. The van der Waals surface area contributed by atoms with Crippen LogP contribution in [0, 0.1) is 0 Å². The average molecular weight is 323 g/mol. The van der Waals surface area contributed by atoms with Crippen LogP contribution < -0.4 is 10.5 Å². The molecule has 0 atom stereocenters. The van der Waals surface area contributed by atoms with Crippen LogP contribution in [0.2, 0.25) is 0 Å². The summed E-state index contributed by atoms with van der Waals surface area (Å²) in [5.74, 6) is 0.408. The van der Waals surface area contributed by atoms with Gasteiger partial charge < -0.3 is 10.3 Å². The van der Waals surface area contributed by atoms with Gasteiger partial charge in [-0.2, -0.15) is 0 Å². The first kappa shape index (κ1) is 16.7. The van der Waals surface area contributed by atoms with Crippen LogP contribution in [0.5, 0.6) is 0 Å². The van der Waals surface area contributed by atoms with Gasteiger partial charge in [-0.25, -0.2) is 13.1 Å². The topological polar surface area (TPSA) is 98.2 Å². The standard InChI is InChI=1S/C15H21N3O3S/c1-3-15(16,4-2)11-18-22(19,20)14-8-6-5-7-12(14)13-9-10-17-21-13/h5-10,18H,3-4,11,16H2,1-2H3. The van der Waals surface area contributed by atoms with Crippen LogP contribution in [0.1, 0.15) is 26.7 Å². The van der Waals surface area contributed by atoms with Crippen LogP contribution in [-0.2, 0) is 10.0 Å². The summed E-state index contributed by atoms with van der Waals surface area (Å²) in [6, 6.07) is 8.27. The third-order valence-electron chi connectivity index (χ3n) is 3.90. The summed E-state index contributed by atoms with van der Waals surface area (Å²) < 4.78 is 32.9. The molecule has 0 aliphatic carbocycles. The van der Waals surface area contributed by atoms with E-state index in [0.717, 1.165) is 0 Å². The van der Waals surface area contributed by atoms with Crippen LogP contribution in [0.15, 0.2) is 45.9 Å². The summed E-state index contributed by atoms with van der Waals surface area (Å²) in [5.41, 5.74) is 6.09. The lowest BCUT2D eigenvalue weighted by Gasteiger charge is -2.26. The van der Waals surface area contributed by atoms with E-state index in [1.165, 1.54) is 12.3 Å². The maximum absolute atomic E-state index is 12.6. The maximum atomic E-state index is 12.6. The van der Waals surface area contributed by atoms with E-state index in [1.54, 1.807) is 24.3 Å². The number of benzene rings is 1. The fourth-order valence-corrected chi connectivity index (χ4v) is 3.42. The molecule has 0 aliphatic heterocycles. The molecule has 2 rings (SSSR count). The molecule has 0 radical (unpaired) electrons. The summed E-state index contributed by atoms with van der Waals surface area (Å²) >= 11 is 0. The van der Waals surface area contributed by atoms with E-state index >= 15 is 0 Å². The highest BCUT2D eigenvalue weighted by molar-refractivity contribution is 7.89. The summed E-state index contributed by atoms with van der Waals surface area (Å²) in [7, 11) is -3.69. The Hall–Kier alpha value is -1.70. The summed E-state index contributed by atoms with van der Waals surface area (Å²) in [4.78, 5) is 0.154. The molecule has 0 saturated heterocycles. The summed E-state index contributed by atoms with van der Waals surface area (Å²) in [6.07, 6.45) is 2.86. The van der Waals surface area contributed by atoms with Gasteiger partial charge in [0.25, 0.3) is 0 Å². The van der Waals surface area contributed by atoms with Gasteiger partial charge in [0, 0.05) is 23.7 Å². The van der Waals surface area contributed by atoms with E-state index in [2.05, 4.69) is 9.88 Å². The first-order chi connectivity index (χ1) is 10.4. The van der Waals surface area contributed by atoms with Gasteiger partial charge in [0.2, 0.25) is 10.0 Å². The average Bonchev–Trinajstić information content (AvgIpc) is 3.07. The van der Waals surface area contributed by atoms with Gasteiger partial charge in [-0.05, 0) is 25.0 Å². The number of nitrogens with two attached hydrogens (primary N) is 1. The Morgan fingerprint density at radius 1 is 1.23 bits per heavy atom. The molecular formula is C15H21N3O3S. The lowest BCUT2D eigenvalue weighted by atomic mass is 9.95. The monoisotopic (exact) mass is 323 g/mol. The molecule has 7 heteroatoms. The molecule has 1 aromatic heterocycles. The zero-order chi connectivity index (χ0) is 16.2. The molecule has 1 heterocycles. The van der Waals surface area contributed by atoms with Gasteiger partial charge >= 0.3 is 0 Å². The molecule has 0 bridgehead atoms. The SMILES string of the molecule is CCC(N)(CC)CNS(=O)(=O)c1ccccc1-c1ccno1. The molecule has 0 unspecified atom stereocenters. The number of sulfonamides is 1. The normalized spacial score (nSPS) is 12.5. The van der Waals surface area contributed by atoms with E-state index in [9.17, 15) is 8.42 Å². The highest BCUT2D eigenvalue weighted by Crippen LogP contribution is 2.26. The van der Waals surface area contributed by atoms with Crippen molar-refractivity contribution in [2.24, 2.45) is 5.73 Å². The first-order valence-corrected chi connectivity index (χ1v) is 8.69. The van der Waals surface area contributed by atoms with Crippen molar-refractivity contribution in [2.45, 2.75) is 37.1 Å². The highest BCUT2D eigenvalue weighted by Gasteiger charge is 2.26. The largest absolute Gasteiger partial charge is 0.356 e. The molecule has 22 heavy (non-hydrogen) atoms. The third kappa shape index (κ3) is 3.55. The Morgan fingerprint density at radius 3 is 2.50 bits per heavy atom. The zero-order valence-electron chi connectivity index (χ0n) is 12.7. The fraction of sp³-hybridized carbons (Fsp3) is 0.400. The molecule has 1 aromatic carbocycles. The Bertz CT molecular complexity index is 707. The Kier molecular flexibility index (Phi) is 5.00. The van der Waals surface area contributed by atoms with Crippen molar-refractivity contribution in [3.05, 3.63) is 36.5 Å². The number of nitrogens with zero attached hydrogens (tertiary/aromatic N) is 1. The minimum absolute atomic E-state index is 0.154.